The molecule has 130 valence electrons. The molecule has 2 aliphatic rings. The van der Waals surface area contributed by atoms with Gasteiger partial charge in [-0.25, -0.2) is 9.78 Å². The van der Waals surface area contributed by atoms with Crippen LogP contribution in [-0.2, 0) is 9.59 Å². The number of rotatable bonds is 5. The largest absolute Gasteiger partial charge is 0.480 e. The summed E-state index contributed by atoms with van der Waals surface area (Å²) in [6.07, 6.45) is 1.62. The molecule has 2 aliphatic heterocycles. The number of amides is 1. The first-order valence-electron chi connectivity index (χ1n) is 7.93. The number of carbonyl (C=O) groups is 2. The number of nitrogens with two attached hydrogens (primary N) is 1. The van der Waals surface area contributed by atoms with Crippen molar-refractivity contribution in [1.82, 2.24) is 10.3 Å². The lowest BCUT2D eigenvalue weighted by molar-refractivity contribution is -0.140. The number of hydrogen-bond acceptors (Lipinski definition) is 7. The van der Waals surface area contributed by atoms with Gasteiger partial charge in [0, 0.05) is 13.1 Å². The van der Waals surface area contributed by atoms with Gasteiger partial charge in [0.15, 0.2) is 11.9 Å². The second kappa shape index (κ2) is 6.52. The highest BCUT2D eigenvalue weighted by molar-refractivity contribution is 5.80. The Bertz CT molecular complexity index is 640. The molecule has 1 aromatic heterocycles. The zero-order chi connectivity index (χ0) is 17.3. The van der Waals surface area contributed by atoms with Gasteiger partial charge in [-0.1, -0.05) is 0 Å². The number of carboxylic acids is 1. The lowest BCUT2D eigenvalue weighted by Gasteiger charge is -2.29. The fourth-order valence-electron chi connectivity index (χ4n) is 3.44. The number of carboxylic acid groups (broad SMARTS) is 1. The minimum Gasteiger partial charge on any atom is -0.480 e. The van der Waals surface area contributed by atoms with Crippen LogP contribution < -0.4 is 20.9 Å². The van der Waals surface area contributed by atoms with E-state index in [-0.39, 0.29) is 6.17 Å². The molecule has 3 atom stereocenters. The molecule has 24 heavy (non-hydrogen) atoms. The highest BCUT2D eigenvalue weighted by Crippen LogP contribution is 2.32. The van der Waals surface area contributed by atoms with Crippen molar-refractivity contribution in [2.75, 3.05) is 28.6 Å². The Morgan fingerprint density at radius 3 is 2.83 bits per heavy atom. The minimum absolute atomic E-state index is 0.174. The van der Waals surface area contributed by atoms with E-state index in [4.69, 9.17) is 5.73 Å². The van der Waals surface area contributed by atoms with E-state index in [1.54, 1.807) is 17.0 Å². The lowest BCUT2D eigenvalue weighted by Crippen LogP contribution is -2.43. The van der Waals surface area contributed by atoms with E-state index in [0.29, 0.717) is 43.2 Å². The van der Waals surface area contributed by atoms with Crippen molar-refractivity contribution in [3.05, 3.63) is 12.1 Å². The van der Waals surface area contributed by atoms with Gasteiger partial charge < -0.3 is 31.1 Å². The maximum atomic E-state index is 11.4. The Morgan fingerprint density at radius 1 is 1.33 bits per heavy atom. The van der Waals surface area contributed by atoms with Crippen LogP contribution in [0.2, 0.25) is 0 Å². The number of carbonyl (C=O) groups excluding carboxylic acids is 1. The third-order valence-corrected chi connectivity index (χ3v) is 4.59. The van der Waals surface area contributed by atoms with Gasteiger partial charge in [0.25, 0.3) is 0 Å². The third-order valence-electron chi connectivity index (χ3n) is 4.59. The Morgan fingerprint density at radius 2 is 2.12 bits per heavy atom. The molecule has 1 aromatic rings. The number of anilines is 3. The normalized spacial score (nSPS) is 26.6. The predicted octanol–water partition coefficient (Wildman–Crippen LogP) is -0.640. The number of hydrogen-bond donors (Lipinski definition) is 4. The molecule has 2 fully saturated rings. The van der Waals surface area contributed by atoms with Crippen LogP contribution in [0.3, 0.4) is 0 Å². The molecule has 9 nitrogen and oxygen atoms in total. The maximum Gasteiger partial charge on any atom is 0.329 e. The van der Waals surface area contributed by atoms with Crippen molar-refractivity contribution in [1.29, 1.82) is 0 Å². The second-order valence-corrected chi connectivity index (χ2v) is 6.05. The highest BCUT2D eigenvalue weighted by atomic mass is 16.4. The average molecular weight is 335 g/mol. The number of nitrogens with one attached hydrogen (secondary N) is 1. The summed E-state index contributed by atoms with van der Waals surface area (Å²) in [6, 6.07) is 2.32. The van der Waals surface area contributed by atoms with E-state index < -0.39 is 18.1 Å². The van der Waals surface area contributed by atoms with Crippen molar-refractivity contribution >= 4 is 29.7 Å². The summed E-state index contributed by atoms with van der Waals surface area (Å²) in [7, 11) is 0. The van der Waals surface area contributed by atoms with Crippen LogP contribution in [0.15, 0.2) is 12.1 Å². The lowest BCUT2D eigenvalue weighted by atomic mass is 10.2. The molecule has 0 radical (unpaired) electrons. The van der Waals surface area contributed by atoms with E-state index in [2.05, 4.69) is 10.3 Å². The van der Waals surface area contributed by atoms with Crippen LogP contribution in [-0.4, -0.2) is 59.0 Å². The molecule has 3 heterocycles. The average Bonchev–Trinajstić information content (AvgIpc) is 3.15. The fourth-order valence-corrected chi connectivity index (χ4v) is 3.44. The number of nitrogens with zero attached hydrogens (tertiary/aromatic N) is 3. The first-order valence-corrected chi connectivity index (χ1v) is 7.93. The summed E-state index contributed by atoms with van der Waals surface area (Å²) in [4.78, 5) is 30.2. The van der Waals surface area contributed by atoms with Gasteiger partial charge in [0.05, 0.1) is 11.8 Å². The van der Waals surface area contributed by atoms with Gasteiger partial charge in [0.1, 0.15) is 12.0 Å². The van der Waals surface area contributed by atoms with Crippen molar-refractivity contribution in [3.63, 3.8) is 0 Å². The molecule has 0 aromatic carbocycles. The van der Waals surface area contributed by atoms with Gasteiger partial charge >= 0.3 is 5.97 Å². The van der Waals surface area contributed by atoms with Gasteiger partial charge in [-0.15, -0.1) is 0 Å². The van der Waals surface area contributed by atoms with Crippen molar-refractivity contribution in [3.8, 4) is 0 Å². The molecule has 0 saturated carbocycles. The van der Waals surface area contributed by atoms with Gasteiger partial charge in [-0.3, -0.25) is 4.79 Å². The van der Waals surface area contributed by atoms with Gasteiger partial charge in [-0.05, 0) is 31.4 Å². The van der Waals surface area contributed by atoms with Crippen LogP contribution in [0.4, 0.5) is 17.3 Å². The number of aromatic nitrogens is 1. The predicted molar refractivity (Wildman–Crippen MR) is 87.6 cm³/mol. The molecule has 0 bridgehead atoms. The Hall–Kier alpha value is -2.55. The van der Waals surface area contributed by atoms with Crippen molar-refractivity contribution in [2.45, 2.75) is 37.6 Å². The molecule has 3 rings (SSSR count). The minimum atomic E-state index is -1.08. The van der Waals surface area contributed by atoms with Crippen molar-refractivity contribution < 1.29 is 19.8 Å². The van der Waals surface area contributed by atoms with Crippen LogP contribution >= 0.6 is 0 Å². The van der Waals surface area contributed by atoms with E-state index in [0.717, 1.165) is 12.8 Å². The third kappa shape index (κ3) is 2.82. The summed E-state index contributed by atoms with van der Waals surface area (Å²) in [6.45, 7) is 1.11. The zero-order valence-electron chi connectivity index (χ0n) is 13.1. The molecule has 2 saturated heterocycles. The first kappa shape index (κ1) is 16.3. The molecular formula is C15H21N5O4. The highest BCUT2D eigenvalue weighted by Gasteiger charge is 2.39. The van der Waals surface area contributed by atoms with E-state index >= 15 is 0 Å². The molecule has 5 N–H and O–H groups in total. The smallest absolute Gasteiger partial charge is 0.329 e. The number of pyridine rings is 1. The SMILES string of the molecule is Nc1ccc(N2CCC(O)C2C(=O)O)nc1N1CCCC1NC=O. The topological polar surface area (TPSA) is 132 Å². The van der Waals surface area contributed by atoms with E-state index in [9.17, 15) is 19.8 Å². The maximum absolute atomic E-state index is 11.4. The monoisotopic (exact) mass is 335 g/mol. The van der Waals surface area contributed by atoms with Crippen LogP contribution in [0, 0.1) is 0 Å². The molecule has 1 amide bonds. The van der Waals surface area contributed by atoms with Crippen LogP contribution in [0.1, 0.15) is 19.3 Å². The number of nitrogen functional groups attached to an aromatic ring is 1. The number of aliphatic hydroxyl groups excluding tert-OH is 1. The molecule has 0 spiro atoms. The van der Waals surface area contributed by atoms with Gasteiger partial charge in [-0.2, -0.15) is 0 Å². The molecule has 3 unspecified atom stereocenters. The van der Waals surface area contributed by atoms with Gasteiger partial charge in [0.2, 0.25) is 6.41 Å². The Labute approximate surface area is 139 Å². The fraction of sp³-hybridized carbons (Fsp3) is 0.533. The molecular weight excluding hydrogens is 314 g/mol. The Balaban J connectivity index is 1.92. The van der Waals surface area contributed by atoms with Crippen LogP contribution in [0.25, 0.3) is 0 Å². The summed E-state index contributed by atoms with van der Waals surface area (Å²) in [5, 5.41) is 22.0. The van der Waals surface area contributed by atoms with E-state index in [1.165, 1.54) is 0 Å². The number of aliphatic hydroxyl groups is 1. The molecule has 0 aliphatic carbocycles. The standard InChI is InChI=1S/C15H21N5O4/c16-9-3-4-12(19-7-5-10(22)13(19)15(23)24)18-14(9)20-6-1-2-11(20)17-8-21/h3-4,8,10-11,13,22H,1-2,5-7,16H2,(H,17,21)(H,23,24). The quantitative estimate of drug-likeness (QED) is 0.523. The summed E-state index contributed by atoms with van der Waals surface area (Å²) >= 11 is 0. The molecule has 9 heteroatoms. The van der Waals surface area contributed by atoms with Crippen molar-refractivity contribution in [2.24, 2.45) is 0 Å². The Kier molecular flexibility index (Phi) is 4.43. The first-order chi connectivity index (χ1) is 11.5. The summed E-state index contributed by atoms with van der Waals surface area (Å²) < 4.78 is 0. The zero-order valence-corrected chi connectivity index (χ0v) is 13.1. The second-order valence-electron chi connectivity index (χ2n) is 6.05. The van der Waals surface area contributed by atoms with Crippen LogP contribution in [0.5, 0.6) is 0 Å². The van der Waals surface area contributed by atoms with E-state index in [1.807, 2.05) is 4.90 Å². The summed E-state index contributed by atoms with van der Waals surface area (Å²) in [5.41, 5.74) is 6.51. The summed E-state index contributed by atoms with van der Waals surface area (Å²) in [5.74, 6) is -0.100. The number of aliphatic carboxylic acids is 1.